The van der Waals surface area contributed by atoms with Crippen molar-refractivity contribution in [3.63, 3.8) is 0 Å². The summed E-state index contributed by atoms with van der Waals surface area (Å²) in [4.78, 5) is 38.9. The molecular weight excluding hydrogens is 408 g/mol. The molecule has 3 heterocycles. The van der Waals surface area contributed by atoms with E-state index in [0.29, 0.717) is 29.3 Å². The third kappa shape index (κ3) is 4.52. The van der Waals surface area contributed by atoms with Gasteiger partial charge in [-0.2, -0.15) is 0 Å². The van der Waals surface area contributed by atoms with Crippen molar-refractivity contribution in [2.24, 2.45) is 0 Å². The van der Waals surface area contributed by atoms with Crippen LogP contribution in [0.15, 0.2) is 29.9 Å². The molecule has 0 radical (unpaired) electrons. The summed E-state index contributed by atoms with van der Waals surface area (Å²) in [5.41, 5.74) is 1.28. The summed E-state index contributed by atoms with van der Waals surface area (Å²) in [6.45, 7) is 1.44. The van der Waals surface area contributed by atoms with Gasteiger partial charge in [0, 0.05) is 48.9 Å². The lowest BCUT2D eigenvalue weighted by Crippen LogP contribution is -2.43. The molecule has 0 bridgehead atoms. The molecule has 0 aromatic carbocycles. The van der Waals surface area contributed by atoms with Gasteiger partial charge in [-0.3, -0.25) is 14.6 Å². The molecule has 2 aromatic heterocycles. The predicted molar refractivity (Wildman–Crippen MR) is 120 cm³/mol. The normalized spacial score (nSPS) is 20.6. The first-order valence-electron chi connectivity index (χ1n) is 11.7. The van der Waals surface area contributed by atoms with Crippen LogP contribution in [0.25, 0.3) is 0 Å². The van der Waals surface area contributed by atoms with Crippen LogP contribution in [0, 0.1) is 0 Å². The molecule has 1 saturated heterocycles. The van der Waals surface area contributed by atoms with Crippen LogP contribution in [-0.4, -0.2) is 56.8 Å². The molecular formula is C24H30N4O2S. The van der Waals surface area contributed by atoms with E-state index in [1.54, 1.807) is 29.8 Å². The second-order valence-electron chi connectivity index (χ2n) is 9.11. The molecule has 3 fully saturated rings. The van der Waals surface area contributed by atoms with E-state index in [0.717, 1.165) is 56.6 Å². The van der Waals surface area contributed by atoms with Crippen molar-refractivity contribution < 1.29 is 9.59 Å². The minimum atomic E-state index is 0.0501. The fourth-order valence-electron chi connectivity index (χ4n) is 5.05. The summed E-state index contributed by atoms with van der Waals surface area (Å²) in [7, 11) is 0. The van der Waals surface area contributed by atoms with Crippen molar-refractivity contribution in [2.45, 2.75) is 75.8 Å². The predicted octanol–water partition coefficient (Wildman–Crippen LogP) is 4.50. The fourth-order valence-corrected chi connectivity index (χ4v) is 6.01. The highest BCUT2D eigenvalue weighted by Gasteiger charge is 2.39. The minimum absolute atomic E-state index is 0.0501. The van der Waals surface area contributed by atoms with Gasteiger partial charge in [0.2, 0.25) is 0 Å². The van der Waals surface area contributed by atoms with Crippen molar-refractivity contribution in [3.8, 4) is 0 Å². The number of carbonyl (C=O) groups excluding carboxylic acids is 2. The molecule has 0 spiro atoms. The third-order valence-corrected chi connectivity index (χ3v) is 7.93. The van der Waals surface area contributed by atoms with Gasteiger partial charge in [0.05, 0.1) is 10.6 Å². The van der Waals surface area contributed by atoms with E-state index in [1.165, 1.54) is 19.3 Å². The highest BCUT2D eigenvalue weighted by molar-refractivity contribution is 7.09. The van der Waals surface area contributed by atoms with Crippen LogP contribution < -0.4 is 0 Å². The molecule has 6 nitrogen and oxygen atoms in total. The summed E-state index contributed by atoms with van der Waals surface area (Å²) in [5.74, 6) is 0.517. The maximum Gasteiger partial charge on any atom is 0.273 e. The first-order valence-corrected chi connectivity index (χ1v) is 12.6. The molecule has 164 valence electrons. The summed E-state index contributed by atoms with van der Waals surface area (Å²) < 4.78 is 0. The van der Waals surface area contributed by atoms with Crippen molar-refractivity contribution in [2.75, 3.05) is 13.1 Å². The average Bonchev–Trinajstić information content (AvgIpc) is 3.54. The van der Waals surface area contributed by atoms with E-state index >= 15 is 0 Å². The van der Waals surface area contributed by atoms with Gasteiger partial charge in [-0.15, -0.1) is 11.3 Å². The molecule has 2 saturated carbocycles. The SMILES string of the molecule is O=C(c1cccnc1)N1CCC(c2nc(C(=O)N(C3CCCCC3)C3CC3)cs2)CC1. The number of rotatable bonds is 5. The number of hydrogen-bond donors (Lipinski definition) is 0. The lowest BCUT2D eigenvalue weighted by Gasteiger charge is -2.34. The van der Waals surface area contributed by atoms with Crippen LogP contribution in [0.3, 0.4) is 0 Å². The first kappa shape index (κ1) is 20.6. The zero-order chi connectivity index (χ0) is 21.2. The number of hydrogen-bond acceptors (Lipinski definition) is 5. The molecule has 0 N–H and O–H groups in total. The summed E-state index contributed by atoms with van der Waals surface area (Å²) in [6, 6.07) is 4.45. The van der Waals surface area contributed by atoms with Crippen LogP contribution in [-0.2, 0) is 0 Å². The van der Waals surface area contributed by atoms with E-state index in [9.17, 15) is 9.59 Å². The highest BCUT2D eigenvalue weighted by Crippen LogP contribution is 2.36. The van der Waals surface area contributed by atoms with Gasteiger partial charge in [0.15, 0.2) is 0 Å². The summed E-state index contributed by atoms with van der Waals surface area (Å²) >= 11 is 1.61. The van der Waals surface area contributed by atoms with Gasteiger partial charge in [0.1, 0.15) is 5.69 Å². The van der Waals surface area contributed by atoms with Crippen LogP contribution in [0.5, 0.6) is 0 Å². The molecule has 31 heavy (non-hydrogen) atoms. The van der Waals surface area contributed by atoms with Crippen LogP contribution >= 0.6 is 11.3 Å². The Morgan fingerprint density at radius 2 is 1.74 bits per heavy atom. The molecule has 7 heteroatoms. The van der Waals surface area contributed by atoms with E-state index in [2.05, 4.69) is 9.88 Å². The van der Waals surface area contributed by atoms with Gasteiger partial charge in [-0.25, -0.2) is 4.98 Å². The molecule has 2 amide bonds. The largest absolute Gasteiger partial charge is 0.339 e. The molecule has 3 aliphatic rings. The van der Waals surface area contributed by atoms with Gasteiger partial charge in [0.25, 0.3) is 11.8 Å². The Bertz CT molecular complexity index is 913. The van der Waals surface area contributed by atoms with Crippen molar-refractivity contribution in [3.05, 3.63) is 46.2 Å². The Morgan fingerprint density at radius 1 is 1.00 bits per heavy atom. The Balaban J connectivity index is 1.22. The smallest absolute Gasteiger partial charge is 0.273 e. The Hall–Kier alpha value is -2.28. The molecule has 2 aliphatic carbocycles. The fraction of sp³-hybridized carbons (Fsp3) is 0.583. The monoisotopic (exact) mass is 438 g/mol. The van der Waals surface area contributed by atoms with Crippen LogP contribution in [0.1, 0.15) is 89.6 Å². The summed E-state index contributed by atoms with van der Waals surface area (Å²) in [5, 5.41) is 3.01. The van der Waals surface area contributed by atoms with Gasteiger partial charge in [-0.05, 0) is 50.7 Å². The zero-order valence-corrected chi connectivity index (χ0v) is 18.7. The summed E-state index contributed by atoms with van der Waals surface area (Å²) in [6.07, 6.45) is 13.4. The molecule has 1 aliphatic heterocycles. The number of aromatic nitrogens is 2. The van der Waals surface area contributed by atoms with Crippen LogP contribution in [0.4, 0.5) is 0 Å². The van der Waals surface area contributed by atoms with E-state index < -0.39 is 0 Å². The Labute approximate surface area is 187 Å². The number of likely N-dealkylation sites (tertiary alicyclic amines) is 1. The quantitative estimate of drug-likeness (QED) is 0.690. The van der Waals surface area contributed by atoms with Crippen molar-refractivity contribution >= 4 is 23.2 Å². The molecule has 0 atom stereocenters. The van der Waals surface area contributed by atoms with Gasteiger partial charge >= 0.3 is 0 Å². The lowest BCUT2D eigenvalue weighted by atomic mass is 9.94. The lowest BCUT2D eigenvalue weighted by molar-refractivity contribution is 0.0608. The van der Waals surface area contributed by atoms with E-state index in [-0.39, 0.29) is 11.8 Å². The Kier molecular flexibility index (Phi) is 6.03. The van der Waals surface area contributed by atoms with Gasteiger partial charge < -0.3 is 9.80 Å². The molecule has 0 unspecified atom stereocenters. The first-order chi connectivity index (χ1) is 15.2. The van der Waals surface area contributed by atoms with Crippen molar-refractivity contribution in [1.82, 2.24) is 19.8 Å². The van der Waals surface area contributed by atoms with Crippen LogP contribution in [0.2, 0.25) is 0 Å². The number of amides is 2. The maximum atomic E-state index is 13.3. The maximum absolute atomic E-state index is 13.3. The molecule has 2 aromatic rings. The topological polar surface area (TPSA) is 66.4 Å². The molecule has 5 rings (SSSR count). The van der Waals surface area contributed by atoms with Gasteiger partial charge in [-0.1, -0.05) is 19.3 Å². The number of carbonyl (C=O) groups is 2. The van der Waals surface area contributed by atoms with E-state index in [1.807, 2.05) is 16.3 Å². The van der Waals surface area contributed by atoms with E-state index in [4.69, 9.17) is 4.98 Å². The second kappa shape index (κ2) is 9.07. The van der Waals surface area contributed by atoms with Crippen molar-refractivity contribution in [1.29, 1.82) is 0 Å². The Morgan fingerprint density at radius 3 is 2.42 bits per heavy atom. The average molecular weight is 439 g/mol. The number of nitrogens with zero attached hydrogens (tertiary/aromatic N) is 4. The third-order valence-electron chi connectivity index (χ3n) is 6.92. The highest BCUT2D eigenvalue weighted by atomic mass is 32.1. The zero-order valence-electron chi connectivity index (χ0n) is 17.9. The number of thiazole rings is 1. The minimum Gasteiger partial charge on any atom is -0.339 e. The standard InChI is InChI=1S/C24H30N4O2S/c29-23(18-5-4-12-25-15-18)27-13-10-17(11-14-27)22-26-21(16-31-22)24(30)28(20-8-9-20)19-6-2-1-3-7-19/h4-5,12,15-17,19-20H,1-3,6-11,13-14H2. The number of piperidine rings is 1. The second-order valence-corrected chi connectivity index (χ2v) is 10.0. The number of pyridine rings is 1.